The lowest BCUT2D eigenvalue weighted by Crippen LogP contribution is -1.82. The molecule has 2 heteroatoms. The normalized spacial score (nSPS) is 9.05. The molecule has 0 spiro atoms. The third-order valence-corrected chi connectivity index (χ3v) is 3.46. The molecule has 0 bridgehead atoms. The SMILES string of the molecule is CCC#N.c1ccc(CSCc2ccccc2)cc1. The number of hydrogen-bond donors (Lipinski definition) is 0. The Morgan fingerprint density at radius 2 is 1.21 bits per heavy atom. The van der Waals surface area contributed by atoms with Crippen molar-refractivity contribution in [3.63, 3.8) is 0 Å². The van der Waals surface area contributed by atoms with Gasteiger partial charge >= 0.3 is 0 Å². The van der Waals surface area contributed by atoms with Crippen LogP contribution < -0.4 is 0 Å². The fourth-order valence-electron chi connectivity index (χ4n) is 1.44. The van der Waals surface area contributed by atoms with Gasteiger partial charge < -0.3 is 0 Å². The van der Waals surface area contributed by atoms with Gasteiger partial charge in [-0.15, -0.1) is 0 Å². The Bertz CT molecular complexity index is 434. The van der Waals surface area contributed by atoms with Gasteiger partial charge in [-0.2, -0.15) is 17.0 Å². The van der Waals surface area contributed by atoms with E-state index in [2.05, 4.69) is 60.7 Å². The molecule has 0 N–H and O–H groups in total. The number of rotatable bonds is 4. The van der Waals surface area contributed by atoms with Gasteiger partial charge in [0.25, 0.3) is 0 Å². The molecule has 0 atom stereocenters. The summed E-state index contributed by atoms with van der Waals surface area (Å²) >= 11 is 1.96. The van der Waals surface area contributed by atoms with Gasteiger partial charge in [0.15, 0.2) is 0 Å². The van der Waals surface area contributed by atoms with E-state index in [0.29, 0.717) is 6.42 Å². The fraction of sp³-hybridized carbons (Fsp3) is 0.235. The first-order valence-electron chi connectivity index (χ1n) is 6.39. The van der Waals surface area contributed by atoms with E-state index in [1.165, 1.54) is 11.1 Å². The molecule has 0 aromatic heterocycles. The Morgan fingerprint density at radius 1 is 0.842 bits per heavy atom. The first-order chi connectivity index (χ1) is 9.36. The van der Waals surface area contributed by atoms with E-state index in [9.17, 15) is 0 Å². The summed E-state index contributed by atoms with van der Waals surface area (Å²) in [5.74, 6) is 2.19. The van der Waals surface area contributed by atoms with Crippen molar-refractivity contribution in [3.8, 4) is 6.07 Å². The Hall–Kier alpha value is -1.72. The second-order valence-electron chi connectivity index (χ2n) is 3.98. The summed E-state index contributed by atoms with van der Waals surface area (Å²) < 4.78 is 0. The molecule has 2 aromatic rings. The van der Waals surface area contributed by atoms with E-state index < -0.39 is 0 Å². The predicted molar refractivity (Wildman–Crippen MR) is 83.8 cm³/mol. The van der Waals surface area contributed by atoms with Gasteiger partial charge in [0.2, 0.25) is 0 Å². The van der Waals surface area contributed by atoms with Gasteiger partial charge in [-0.1, -0.05) is 67.6 Å². The molecule has 19 heavy (non-hydrogen) atoms. The number of hydrogen-bond acceptors (Lipinski definition) is 2. The third-order valence-electron chi connectivity index (χ3n) is 2.38. The highest BCUT2D eigenvalue weighted by atomic mass is 32.2. The van der Waals surface area contributed by atoms with Crippen LogP contribution in [0.3, 0.4) is 0 Å². The minimum absolute atomic E-state index is 0.625. The third kappa shape index (κ3) is 7.33. The van der Waals surface area contributed by atoms with Gasteiger partial charge in [-0.05, 0) is 11.1 Å². The van der Waals surface area contributed by atoms with Gasteiger partial charge in [0.05, 0.1) is 6.07 Å². The van der Waals surface area contributed by atoms with E-state index in [1.54, 1.807) is 0 Å². The van der Waals surface area contributed by atoms with E-state index in [-0.39, 0.29) is 0 Å². The Kier molecular flexibility index (Phi) is 8.25. The average molecular weight is 269 g/mol. The summed E-state index contributed by atoms with van der Waals surface area (Å²) in [6, 6.07) is 23.1. The van der Waals surface area contributed by atoms with Crippen LogP contribution >= 0.6 is 11.8 Å². The lowest BCUT2D eigenvalue weighted by molar-refractivity contribution is 1.22. The predicted octanol–water partition coefficient (Wildman–Crippen LogP) is 5.04. The van der Waals surface area contributed by atoms with Crippen LogP contribution in [-0.2, 0) is 11.5 Å². The molecule has 0 aliphatic rings. The van der Waals surface area contributed by atoms with Crippen molar-refractivity contribution < 1.29 is 0 Å². The molecule has 2 rings (SSSR count). The van der Waals surface area contributed by atoms with E-state index in [0.717, 1.165) is 11.5 Å². The minimum atomic E-state index is 0.625. The quantitative estimate of drug-likeness (QED) is 0.776. The molecule has 0 heterocycles. The monoisotopic (exact) mass is 269 g/mol. The van der Waals surface area contributed by atoms with Crippen molar-refractivity contribution in [2.75, 3.05) is 0 Å². The zero-order chi connectivity index (χ0) is 13.8. The highest BCUT2D eigenvalue weighted by molar-refractivity contribution is 7.97. The van der Waals surface area contributed by atoms with Crippen LogP contribution in [0.2, 0.25) is 0 Å². The van der Waals surface area contributed by atoms with Crippen LogP contribution in [0.5, 0.6) is 0 Å². The van der Waals surface area contributed by atoms with E-state index in [4.69, 9.17) is 5.26 Å². The van der Waals surface area contributed by atoms with Crippen molar-refractivity contribution in [1.29, 1.82) is 5.26 Å². The molecular weight excluding hydrogens is 250 g/mol. The molecule has 0 saturated heterocycles. The number of nitrogens with zero attached hydrogens (tertiary/aromatic N) is 1. The summed E-state index contributed by atoms with van der Waals surface area (Å²) in [5, 5.41) is 7.62. The van der Waals surface area contributed by atoms with Crippen LogP contribution in [0.4, 0.5) is 0 Å². The molecule has 0 aliphatic carbocycles. The molecule has 0 unspecified atom stereocenters. The van der Waals surface area contributed by atoms with Gasteiger partial charge in [0.1, 0.15) is 0 Å². The summed E-state index contributed by atoms with van der Waals surface area (Å²) in [5.41, 5.74) is 2.80. The van der Waals surface area contributed by atoms with Gasteiger partial charge in [-0.3, -0.25) is 0 Å². The van der Waals surface area contributed by atoms with E-state index in [1.807, 2.05) is 24.8 Å². The van der Waals surface area contributed by atoms with Crippen LogP contribution in [0.15, 0.2) is 60.7 Å². The smallest absolute Gasteiger partial charge is 0.0618 e. The summed E-state index contributed by atoms with van der Waals surface area (Å²) in [6.07, 6.45) is 0.625. The highest BCUT2D eigenvalue weighted by Crippen LogP contribution is 2.17. The zero-order valence-electron chi connectivity index (χ0n) is 11.3. The van der Waals surface area contributed by atoms with E-state index >= 15 is 0 Å². The first-order valence-corrected chi connectivity index (χ1v) is 7.54. The lowest BCUT2D eigenvalue weighted by Gasteiger charge is -2.01. The van der Waals surface area contributed by atoms with Crippen molar-refractivity contribution >= 4 is 11.8 Å². The Morgan fingerprint density at radius 3 is 1.53 bits per heavy atom. The molecular formula is C17H19NS. The Balaban J connectivity index is 0.000000399. The maximum atomic E-state index is 7.62. The lowest BCUT2D eigenvalue weighted by atomic mass is 10.2. The number of nitriles is 1. The maximum absolute atomic E-state index is 7.62. The first kappa shape index (κ1) is 15.3. The van der Waals surface area contributed by atoms with Crippen molar-refractivity contribution in [2.24, 2.45) is 0 Å². The van der Waals surface area contributed by atoms with Gasteiger partial charge in [-0.25, -0.2) is 0 Å². The molecule has 0 saturated carbocycles. The van der Waals surface area contributed by atoms with Gasteiger partial charge in [0, 0.05) is 17.9 Å². The standard InChI is InChI=1S/C14H14S.C3H5N/c1-3-7-13(8-4-1)11-15-12-14-9-5-2-6-10-14;1-2-3-4/h1-10H,11-12H2;2H2,1H3. The molecule has 2 aromatic carbocycles. The molecule has 1 nitrogen and oxygen atoms in total. The van der Waals surface area contributed by atoms with Crippen molar-refractivity contribution in [3.05, 3.63) is 71.8 Å². The highest BCUT2D eigenvalue weighted by Gasteiger charge is 1.93. The minimum Gasteiger partial charge on any atom is -0.198 e. The molecule has 0 radical (unpaired) electrons. The fourth-order valence-corrected chi connectivity index (χ4v) is 2.39. The molecule has 98 valence electrons. The number of thioether (sulfide) groups is 1. The topological polar surface area (TPSA) is 23.8 Å². The average Bonchev–Trinajstić information content (AvgIpc) is 2.50. The molecule has 0 amide bonds. The van der Waals surface area contributed by atoms with Crippen LogP contribution in [-0.4, -0.2) is 0 Å². The van der Waals surface area contributed by atoms with Crippen LogP contribution in [0.1, 0.15) is 24.5 Å². The van der Waals surface area contributed by atoms with Crippen molar-refractivity contribution in [1.82, 2.24) is 0 Å². The maximum Gasteiger partial charge on any atom is 0.0618 e. The summed E-state index contributed by atoms with van der Waals surface area (Å²) in [4.78, 5) is 0. The van der Waals surface area contributed by atoms with Crippen molar-refractivity contribution in [2.45, 2.75) is 24.9 Å². The van der Waals surface area contributed by atoms with Crippen LogP contribution in [0.25, 0.3) is 0 Å². The second kappa shape index (κ2) is 10.2. The largest absolute Gasteiger partial charge is 0.198 e. The van der Waals surface area contributed by atoms with Crippen LogP contribution in [0, 0.1) is 11.3 Å². The summed E-state index contributed by atoms with van der Waals surface area (Å²) in [6.45, 7) is 1.82. The second-order valence-corrected chi connectivity index (χ2v) is 4.96. The summed E-state index contributed by atoms with van der Waals surface area (Å²) in [7, 11) is 0. The molecule has 0 aliphatic heterocycles. The molecule has 0 fully saturated rings. The Labute approximate surface area is 120 Å². The zero-order valence-corrected chi connectivity index (χ0v) is 12.1. The number of benzene rings is 2.